The highest BCUT2D eigenvalue weighted by Gasteiger charge is 2.06. The zero-order chi connectivity index (χ0) is 12.4. The standard InChI is InChI=1S/C13H15FN2O/c1-8-6-11(14)4-5-12(8)15-7-13-16-9(2)10(3)17-13/h4-6,15H,7H2,1-3H3. The summed E-state index contributed by atoms with van der Waals surface area (Å²) in [7, 11) is 0. The molecule has 0 radical (unpaired) electrons. The maximum Gasteiger partial charge on any atom is 0.213 e. The van der Waals surface area contributed by atoms with E-state index in [1.807, 2.05) is 20.8 Å². The van der Waals surface area contributed by atoms with Gasteiger partial charge in [0, 0.05) is 5.69 Å². The van der Waals surface area contributed by atoms with Crippen LogP contribution < -0.4 is 5.32 Å². The van der Waals surface area contributed by atoms with E-state index in [2.05, 4.69) is 10.3 Å². The predicted molar refractivity (Wildman–Crippen MR) is 64.4 cm³/mol. The number of hydrogen-bond acceptors (Lipinski definition) is 3. The fourth-order valence-electron chi connectivity index (χ4n) is 1.61. The molecule has 4 heteroatoms. The van der Waals surface area contributed by atoms with Gasteiger partial charge in [-0.05, 0) is 44.5 Å². The fraction of sp³-hybridized carbons (Fsp3) is 0.308. The molecule has 1 N–H and O–H groups in total. The van der Waals surface area contributed by atoms with Gasteiger partial charge in [-0.2, -0.15) is 0 Å². The van der Waals surface area contributed by atoms with E-state index < -0.39 is 0 Å². The molecule has 2 aromatic rings. The van der Waals surface area contributed by atoms with Crippen molar-refractivity contribution in [3.63, 3.8) is 0 Å². The Kier molecular flexibility index (Phi) is 3.13. The molecule has 0 saturated heterocycles. The summed E-state index contributed by atoms with van der Waals surface area (Å²) in [5.74, 6) is 1.25. The third-order valence-electron chi connectivity index (χ3n) is 2.69. The number of aryl methyl sites for hydroxylation is 3. The summed E-state index contributed by atoms with van der Waals surface area (Å²) in [6, 6.07) is 4.64. The van der Waals surface area contributed by atoms with Crippen LogP contribution >= 0.6 is 0 Å². The summed E-state index contributed by atoms with van der Waals surface area (Å²) in [6.07, 6.45) is 0. The first-order valence-electron chi connectivity index (χ1n) is 5.49. The van der Waals surface area contributed by atoms with Gasteiger partial charge in [0.15, 0.2) is 0 Å². The lowest BCUT2D eigenvalue weighted by Crippen LogP contribution is -2.01. The van der Waals surface area contributed by atoms with Gasteiger partial charge < -0.3 is 9.73 Å². The van der Waals surface area contributed by atoms with Crippen LogP contribution in [0.3, 0.4) is 0 Å². The molecule has 17 heavy (non-hydrogen) atoms. The molecular formula is C13H15FN2O. The van der Waals surface area contributed by atoms with E-state index in [9.17, 15) is 4.39 Å². The van der Waals surface area contributed by atoms with E-state index in [-0.39, 0.29) is 5.82 Å². The van der Waals surface area contributed by atoms with Crippen LogP contribution in [0, 0.1) is 26.6 Å². The number of oxazole rings is 1. The van der Waals surface area contributed by atoms with Crippen molar-refractivity contribution in [2.24, 2.45) is 0 Å². The van der Waals surface area contributed by atoms with Gasteiger partial charge in [-0.1, -0.05) is 0 Å². The SMILES string of the molecule is Cc1cc(F)ccc1NCc1nc(C)c(C)o1. The minimum Gasteiger partial charge on any atom is -0.444 e. The predicted octanol–water partition coefficient (Wildman–Crippen LogP) is 3.35. The molecule has 90 valence electrons. The Morgan fingerprint density at radius 3 is 2.65 bits per heavy atom. The van der Waals surface area contributed by atoms with Gasteiger partial charge in [0.05, 0.1) is 12.2 Å². The average Bonchev–Trinajstić information content (AvgIpc) is 2.57. The molecule has 0 aliphatic heterocycles. The summed E-state index contributed by atoms with van der Waals surface area (Å²) in [5, 5.41) is 3.17. The van der Waals surface area contributed by atoms with Crippen molar-refractivity contribution in [1.82, 2.24) is 4.98 Å². The van der Waals surface area contributed by atoms with Crippen molar-refractivity contribution in [3.8, 4) is 0 Å². The lowest BCUT2D eigenvalue weighted by Gasteiger charge is -2.07. The molecule has 0 aliphatic carbocycles. The van der Waals surface area contributed by atoms with Crippen molar-refractivity contribution in [2.75, 3.05) is 5.32 Å². The van der Waals surface area contributed by atoms with Crippen molar-refractivity contribution in [1.29, 1.82) is 0 Å². The van der Waals surface area contributed by atoms with E-state index in [1.54, 1.807) is 6.07 Å². The maximum absolute atomic E-state index is 12.9. The van der Waals surface area contributed by atoms with E-state index in [1.165, 1.54) is 12.1 Å². The number of aromatic nitrogens is 1. The zero-order valence-electron chi connectivity index (χ0n) is 10.2. The van der Waals surface area contributed by atoms with Crippen LogP contribution in [0.5, 0.6) is 0 Å². The van der Waals surface area contributed by atoms with Crippen LogP contribution in [0.4, 0.5) is 10.1 Å². The molecular weight excluding hydrogens is 219 g/mol. The molecule has 0 atom stereocenters. The second kappa shape index (κ2) is 4.57. The first-order valence-corrected chi connectivity index (χ1v) is 5.49. The Labute approximate surface area is 99.7 Å². The molecule has 0 saturated carbocycles. The summed E-state index contributed by atoms with van der Waals surface area (Å²) >= 11 is 0. The van der Waals surface area contributed by atoms with E-state index in [4.69, 9.17) is 4.42 Å². The van der Waals surface area contributed by atoms with Crippen LogP contribution in [0.25, 0.3) is 0 Å². The number of hydrogen-bond donors (Lipinski definition) is 1. The van der Waals surface area contributed by atoms with Crippen LogP contribution in [0.1, 0.15) is 22.9 Å². The molecule has 0 amide bonds. The molecule has 1 heterocycles. The van der Waals surface area contributed by atoms with Crippen molar-refractivity contribution in [3.05, 3.63) is 46.9 Å². The van der Waals surface area contributed by atoms with Crippen LogP contribution in [0.2, 0.25) is 0 Å². The molecule has 0 bridgehead atoms. The van der Waals surface area contributed by atoms with E-state index in [0.717, 1.165) is 22.7 Å². The normalized spacial score (nSPS) is 10.6. The quantitative estimate of drug-likeness (QED) is 0.885. The highest BCUT2D eigenvalue weighted by Crippen LogP contribution is 2.17. The molecule has 0 aliphatic rings. The van der Waals surface area contributed by atoms with Crippen LogP contribution in [-0.2, 0) is 6.54 Å². The van der Waals surface area contributed by atoms with Gasteiger partial charge in [-0.25, -0.2) is 9.37 Å². The molecule has 2 rings (SSSR count). The first kappa shape index (κ1) is 11.6. The zero-order valence-corrected chi connectivity index (χ0v) is 10.2. The van der Waals surface area contributed by atoms with Gasteiger partial charge in [-0.15, -0.1) is 0 Å². The van der Waals surface area contributed by atoms with E-state index >= 15 is 0 Å². The first-order chi connectivity index (χ1) is 8.06. The minimum absolute atomic E-state index is 0.226. The summed E-state index contributed by atoms with van der Waals surface area (Å²) in [4.78, 5) is 4.27. The third-order valence-corrected chi connectivity index (χ3v) is 2.69. The summed E-state index contributed by atoms with van der Waals surface area (Å²) in [6.45, 7) is 6.15. The third kappa shape index (κ3) is 2.64. The summed E-state index contributed by atoms with van der Waals surface area (Å²) in [5.41, 5.74) is 2.66. The minimum atomic E-state index is -0.226. The van der Waals surface area contributed by atoms with Crippen molar-refractivity contribution < 1.29 is 8.81 Å². The Morgan fingerprint density at radius 1 is 1.29 bits per heavy atom. The topological polar surface area (TPSA) is 38.1 Å². The molecule has 1 aromatic heterocycles. The summed E-state index contributed by atoms with van der Waals surface area (Å²) < 4.78 is 18.4. The number of rotatable bonds is 3. The Balaban J connectivity index is 2.07. The number of halogens is 1. The molecule has 0 fully saturated rings. The van der Waals surface area contributed by atoms with Gasteiger partial charge in [0.2, 0.25) is 5.89 Å². The number of nitrogens with one attached hydrogen (secondary N) is 1. The van der Waals surface area contributed by atoms with Gasteiger partial charge in [-0.3, -0.25) is 0 Å². The van der Waals surface area contributed by atoms with Crippen molar-refractivity contribution >= 4 is 5.69 Å². The Hall–Kier alpha value is -1.84. The largest absolute Gasteiger partial charge is 0.444 e. The second-order valence-corrected chi connectivity index (χ2v) is 4.06. The van der Waals surface area contributed by atoms with Crippen LogP contribution in [0.15, 0.2) is 22.6 Å². The highest BCUT2D eigenvalue weighted by molar-refractivity contribution is 5.50. The Morgan fingerprint density at radius 2 is 2.06 bits per heavy atom. The van der Waals surface area contributed by atoms with Crippen molar-refractivity contribution in [2.45, 2.75) is 27.3 Å². The van der Waals surface area contributed by atoms with E-state index in [0.29, 0.717) is 12.4 Å². The van der Waals surface area contributed by atoms with Gasteiger partial charge in [0.25, 0.3) is 0 Å². The Bertz CT molecular complexity index is 515. The molecule has 3 nitrogen and oxygen atoms in total. The lowest BCUT2D eigenvalue weighted by atomic mass is 10.2. The van der Waals surface area contributed by atoms with Gasteiger partial charge in [0.1, 0.15) is 11.6 Å². The number of benzene rings is 1. The number of anilines is 1. The smallest absolute Gasteiger partial charge is 0.213 e. The molecule has 1 aromatic carbocycles. The van der Waals surface area contributed by atoms with Crippen LogP contribution in [-0.4, -0.2) is 4.98 Å². The van der Waals surface area contributed by atoms with Gasteiger partial charge >= 0.3 is 0 Å². The molecule has 0 unspecified atom stereocenters. The highest BCUT2D eigenvalue weighted by atomic mass is 19.1. The number of nitrogens with zero attached hydrogens (tertiary/aromatic N) is 1. The fourth-order valence-corrected chi connectivity index (χ4v) is 1.61. The maximum atomic E-state index is 12.9. The average molecular weight is 234 g/mol. The second-order valence-electron chi connectivity index (χ2n) is 4.06. The molecule has 0 spiro atoms. The monoisotopic (exact) mass is 234 g/mol. The lowest BCUT2D eigenvalue weighted by molar-refractivity contribution is 0.478.